The highest BCUT2D eigenvalue weighted by Crippen LogP contribution is 2.23. The molecule has 2 aromatic rings. The maximum absolute atomic E-state index is 12.1. The van der Waals surface area contributed by atoms with Crippen LogP contribution in [0.25, 0.3) is 0 Å². The molecule has 0 spiro atoms. The second-order valence-electron chi connectivity index (χ2n) is 5.07. The Balaban J connectivity index is 1.94. The zero-order valence-corrected chi connectivity index (χ0v) is 13.4. The monoisotopic (exact) mass is 321 g/mol. The third-order valence-corrected chi connectivity index (χ3v) is 3.95. The normalized spacial score (nSPS) is 13.4. The molecule has 0 saturated heterocycles. The van der Waals surface area contributed by atoms with Crippen molar-refractivity contribution in [1.29, 1.82) is 0 Å². The molecule has 7 heteroatoms. The number of anilines is 1. The molecular weight excluding hydrogens is 302 g/mol. The Morgan fingerprint density at radius 1 is 1.59 bits per heavy atom. The van der Waals surface area contributed by atoms with Gasteiger partial charge in [-0.05, 0) is 26.0 Å². The number of furan rings is 1. The molecule has 0 aliphatic heterocycles. The summed E-state index contributed by atoms with van der Waals surface area (Å²) in [7, 11) is 0. The molecule has 1 unspecified atom stereocenters. The smallest absolute Gasteiger partial charge is 0.263 e. The Hall–Kier alpha value is -2.12. The molecule has 0 radical (unpaired) electrons. The standard InChI is InChI=1S/C15H19N3O3S/c1-4-7-16-14-17-8-11(22-14)13(19)18-9-15(3,20)12-6-5-10(2)21-12/h4-6,8,20H,1,7,9H2,2-3H3,(H,16,17)(H,18,19). The SMILES string of the molecule is C=CCNc1ncc(C(=O)NCC(C)(O)c2ccc(C)o2)s1. The van der Waals surface area contributed by atoms with Crippen LogP contribution < -0.4 is 10.6 Å². The van der Waals surface area contributed by atoms with Gasteiger partial charge in [0.05, 0.1) is 12.7 Å². The number of aryl methyl sites for hydroxylation is 1. The van der Waals surface area contributed by atoms with Crippen molar-refractivity contribution >= 4 is 22.4 Å². The van der Waals surface area contributed by atoms with Crippen molar-refractivity contribution in [2.45, 2.75) is 19.4 Å². The zero-order valence-electron chi connectivity index (χ0n) is 12.5. The average molecular weight is 321 g/mol. The second kappa shape index (κ2) is 6.76. The number of nitrogens with one attached hydrogen (secondary N) is 2. The van der Waals surface area contributed by atoms with Gasteiger partial charge in [0.15, 0.2) is 5.13 Å². The van der Waals surface area contributed by atoms with Crippen LogP contribution in [0.4, 0.5) is 5.13 Å². The predicted molar refractivity (Wildman–Crippen MR) is 86.1 cm³/mol. The highest BCUT2D eigenvalue weighted by Gasteiger charge is 2.27. The minimum Gasteiger partial charge on any atom is -0.463 e. The van der Waals surface area contributed by atoms with Gasteiger partial charge in [0.2, 0.25) is 0 Å². The van der Waals surface area contributed by atoms with Crippen molar-refractivity contribution < 1.29 is 14.3 Å². The highest BCUT2D eigenvalue weighted by molar-refractivity contribution is 7.17. The number of hydrogen-bond acceptors (Lipinski definition) is 6. The van der Waals surface area contributed by atoms with Gasteiger partial charge in [-0.25, -0.2) is 4.98 Å². The summed E-state index contributed by atoms with van der Waals surface area (Å²) in [4.78, 5) is 16.7. The van der Waals surface area contributed by atoms with E-state index in [1.54, 1.807) is 32.1 Å². The van der Waals surface area contributed by atoms with Crippen molar-refractivity contribution in [2.75, 3.05) is 18.4 Å². The quantitative estimate of drug-likeness (QED) is 0.681. The molecule has 6 nitrogen and oxygen atoms in total. The second-order valence-corrected chi connectivity index (χ2v) is 6.10. The number of nitrogens with zero attached hydrogens (tertiary/aromatic N) is 1. The summed E-state index contributed by atoms with van der Waals surface area (Å²) in [5.74, 6) is 0.845. The van der Waals surface area contributed by atoms with E-state index in [1.807, 2.05) is 0 Å². The Labute approximate surface area is 132 Å². The van der Waals surface area contributed by atoms with Crippen LogP contribution in [0.15, 0.2) is 35.4 Å². The molecule has 0 aliphatic rings. The lowest BCUT2D eigenvalue weighted by Gasteiger charge is -2.20. The van der Waals surface area contributed by atoms with Gasteiger partial charge in [0.25, 0.3) is 5.91 Å². The van der Waals surface area contributed by atoms with Gasteiger partial charge in [-0.2, -0.15) is 0 Å². The third kappa shape index (κ3) is 3.96. The van der Waals surface area contributed by atoms with E-state index < -0.39 is 5.60 Å². The van der Waals surface area contributed by atoms with E-state index in [0.717, 1.165) is 0 Å². The Kier molecular flexibility index (Phi) is 4.99. The minimum atomic E-state index is -1.27. The third-order valence-electron chi connectivity index (χ3n) is 2.99. The molecule has 3 N–H and O–H groups in total. The zero-order chi connectivity index (χ0) is 16.2. The fourth-order valence-corrected chi connectivity index (χ4v) is 2.51. The van der Waals surface area contributed by atoms with Gasteiger partial charge in [0, 0.05) is 6.54 Å². The van der Waals surface area contributed by atoms with E-state index in [1.165, 1.54) is 17.5 Å². The van der Waals surface area contributed by atoms with Gasteiger partial charge in [0.1, 0.15) is 22.0 Å². The molecule has 1 atom stereocenters. The summed E-state index contributed by atoms with van der Waals surface area (Å²) in [6, 6.07) is 3.47. The van der Waals surface area contributed by atoms with Crippen LogP contribution in [0.1, 0.15) is 28.1 Å². The van der Waals surface area contributed by atoms with E-state index in [2.05, 4.69) is 22.2 Å². The molecule has 22 heavy (non-hydrogen) atoms. The van der Waals surface area contributed by atoms with Crippen molar-refractivity contribution in [2.24, 2.45) is 0 Å². The fourth-order valence-electron chi connectivity index (χ4n) is 1.77. The summed E-state index contributed by atoms with van der Waals surface area (Å²) >= 11 is 1.24. The van der Waals surface area contributed by atoms with Gasteiger partial charge < -0.3 is 20.2 Å². The number of thiazole rings is 1. The lowest BCUT2D eigenvalue weighted by Crippen LogP contribution is -2.38. The maximum atomic E-state index is 12.1. The number of aliphatic hydroxyl groups is 1. The minimum absolute atomic E-state index is 0.0477. The Bertz CT molecular complexity index is 661. The van der Waals surface area contributed by atoms with Gasteiger partial charge in [-0.1, -0.05) is 17.4 Å². The molecule has 2 rings (SSSR count). The van der Waals surface area contributed by atoms with Crippen molar-refractivity contribution in [1.82, 2.24) is 10.3 Å². The molecular formula is C15H19N3O3S. The molecule has 0 fully saturated rings. The fraction of sp³-hybridized carbons (Fsp3) is 0.333. The van der Waals surface area contributed by atoms with Crippen LogP contribution in [0.3, 0.4) is 0 Å². The average Bonchev–Trinajstić information content (AvgIpc) is 3.12. The molecule has 2 aromatic heterocycles. The summed E-state index contributed by atoms with van der Waals surface area (Å²) in [6.45, 7) is 7.63. The Morgan fingerprint density at radius 2 is 2.36 bits per heavy atom. The topological polar surface area (TPSA) is 87.4 Å². The van der Waals surface area contributed by atoms with Crippen molar-refractivity contribution in [3.63, 3.8) is 0 Å². The molecule has 118 valence electrons. The molecule has 1 amide bonds. The summed E-state index contributed by atoms with van der Waals surface area (Å²) in [6.07, 6.45) is 3.21. The van der Waals surface area contributed by atoms with Gasteiger partial charge in [-0.15, -0.1) is 6.58 Å². The number of amides is 1. The largest absolute Gasteiger partial charge is 0.463 e. The summed E-state index contributed by atoms with van der Waals surface area (Å²) < 4.78 is 5.40. The van der Waals surface area contributed by atoms with Crippen LogP contribution in [-0.4, -0.2) is 29.1 Å². The van der Waals surface area contributed by atoms with Gasteiger partial charge >= 0.3 is 0 Å². The van der Waals surface area contributed by atoms with Crippen molar-refractivity contribution in [3.05, 3.63) is 47.4 Å². The number of hydrogen-bond donors (Lipinski definition) is 3. The van der Waals surface area contributed by atoms with E-state index >= 15 is 0 Å². The first-order valence-corrected chi connectivity index (χ1v) is 7.62. The van der Waals surface area contributed by atoms with E-state index in [9.17, 15) is 9.90 Å². The molecule has 0 aromatic carbocycles. The van der Waals surface area contributed by atoms with Crippen LogP contribution in [0.2, 0.25) is 0 Å². The van der Waals surface area contributed by atoms with Gasteiger partial charge in [-0.3, -0.25) is 4.79 Å². The summed E-state index contributed by atoms with van der Waals surface area (Å²) in [5.41, 5.74) is -1.27. The first-order valence-electron chi connectivity index (χ1n) is 6.80. The molecule has 0 bridgehead atoms. The number of rotatable bonds is 7. The Morgan fingerprint density at radius 3 is 3.00 bits per heavy atom. The van der Waals surface area contributed by atoms with Crippen LogP contribution >= 0.6 is 11.3 Å². The van der Waals surface area contributed by atoms with Crippen LogP contribution in [0.5, 0.6) is 0 Å². The first-order chi connectivity index (χ1) is 10.4. The summed E-state index contributed by atoms with van der Waals surface area (Å²) in [5, 5.41) is 16.7. The van der Waals surface area contributed by atoms with Crippen molar-refractivity contribution in [3.8, 4) is 0 Å². The van der Waals surface area contributed by atoms with E-state index in [4.69, 9.17) is 4.42 Å². The van der Waals surface area contributed by atoms with E-state index in [0.29, 0.717) is 28.1 Å². The maximum Gasteiger partial charge on any atom is 0.263 e. The van der Waals surface area contributed by atoms with Crippen LogP contribution in [-0.2, 0) is 5.60 Å². The van der Waals surface area contributed by atoms with Crippen LogP contribution in [0, 0.1) is 6.92 Å². The number of carbonyl (C=O) groups excluding carboxylic acids is 1. The predicted octanol–water partition coefficient (Wildman–Crippen LogP) is 2.28. The molecule has 0 aliphatic carbocycles. The first kappa shape index (κ1) is 16.3. The van der Waals surface area contributed by atoms with E-state index in [-0.39, 0.29) is 12.5 Å². The number of carbonyl (C=O) groups is 1. The molecule has 2 heterocycles. The highest BCUT2D eigenvalue weighted by atomic mass is 32.1. The number of aromatic nitrogens is 1. The lowest BCUT2D eigenvalue weighted by molar-refractivity contribution is 0.0324. The molecule has 0 saturated carbocycles. The lowest BCUT2D eigenvalue weighted by atomic mass is 10.0.